The predicted molar refractivity (Wildman–Crippen MR) is 107 cm³/mol. The van der Waals surface area contributed by atoms with E-state index in [4.69, 9.17) is 16.3 Å². The van der Waals surface area contributed by atoms with Crippen LogP contribution in [0.1, 0.15) is 18.4 Å². The summed E-state index contributed by atoms with van der Waals surface area (Å²) in [6.45, 7) is -0.0992. The van der Waals surface area contributed by atoms with Gasteiger partial charge in [0.05, 0.1) is 11.6 Å². The van der Waals surface area contributed by atoms with E-state index in [0.29, 0.717) is 28.4 Å². The summed E-state index contributed by atoms with van der Waals surface area (Å²) in [7, 11) is 0. The van der Waals surface area contributed by atoms with Gasteiger partial charge in [-0.25, -0.2) is 0 Å². The molecule has 0 saturated carbocycles. The topological polar surface area (TPSA) is 67.4 Å². The molecule has 5 nitrogen and oxygen atoms in total. The summed E-state index contributed by atoms with van der Waals surface area (Å²) in [6.07, 6.45) is -4.42. The number of halogens is 5. The summed E-state index contributed by atoms with van der Waals surface area (Å²) in [5.41, 5.74) is 0.688. The van der Waals surface area contributed by atoms with E-state index in [0.717, 1.165) is 4.47 Å². The largest absolute Gasteiger partial charge is 0.492 e. The fourth-order valence-electron chi connectivity index (χ4n) is 2.29. The van der Waals surface area contributed by atoms with Crippen LogP contribution in [0, 0.1) is 0 Å². The van der Waals surface area contributed by atoms with Gasteiger partial charge in [0.2, 0.25) is 5.91 Å². The Balaban J connectivity index is 1.82. The van der Waals surface area contributed by atoms with Crippen LogP contribution in [-0.2, 0) is 16.1 Å². The van der Waals surface area contributed by atoms with Crippen molar-refractivity contribution < 1.29 is 27.5 Å². The van der Waals surface area contributed by atoms with Gasteiger partial charge in [-0.15, -0.1) is 0 Å². The first-order chi connectivity index (χ1) is 13.7. The van der Waals surface area contributed by atoms with E-state index in [9.17, 15) is 22.8 Å². The SMILES string of the molecule is O=C(CCCOc1ccc(Br)cc1Cl)Nc1ccccc1CNC(=O)C(F)(F)F. The molecule has 0 heterocycles. The molecule has 0 aliphatic carbocycles. The maximum Gasteiger partial charge on any atom is 0.471 e. The van der Waals surface area contributed by atoms with Crippen molar-refractivity contribution in [3.8, 4) is 5.75 Å². The molecule has 0 spiro atoms. The van der Waals surface area contributed by atoms with Crippen LogP contribution >= 0.6 is 27.5 Å². The number of carbonyl (C=O) groups excluding carboxylic acids is 2. The van der Waals surface area contributed by atoms with E-state index in [1.54, 1.807) is 41.7 Å². The van der Waals surface area contributed by atoms with Crippen molar-refractivity contribution in [1.82, 2.24) is 5.32 Å². The van der Waals surface area contributed by atoms with Crippen LogP contribution < -0.4 is 15.4 Å². The molecule has 0 atom stereocenters. The molecule has 0 aliphatic heterocycles. The minimum absolute atomic E-state index is 0.136. The number of ether oxygens (including phenoxy) is 1. The molecule has 156 valence electrons. The van der Waals surface area contributed by atoms with Gasteiger partial charge in [-0.3, -0.25) is 9.59 Å². The second kappa shape index (κ2) is 10.5. The Bertz CT molecular complexity index is 878. The van der Waals surface area contributed by atoms with Gasteiger partial charge in [0, 0.05) is 23.1 Å². The van der Waals surface area contributed by atoms with Crippen molar-refractivity contribution in [2.45, 2.75) is 25.6 Å². The highest BCUT2D eigenvalue weighted by molar-refractivity contribution is 9.10. The van der Waals surface area contributed by atoms with Crippen LogP contribution in [0.2, 0.25) is 5.02 Å². The summed E-state index contributed by atoms with van der Waals surface area (Å²) >= 11 is 9.33. The van der Waals surface area contributed by atoms with E-state index in [-0.39, 0.29) is 25.5 Å². The third kappa shape index (κ3) is 7.58. The first kappa shape index (κ1) is 23.0. The van der Waals surface area contributed by atoms with Crippen LogP contribution in [0.4, 0.5) is 18.9 Å². The third-order valence-corrected chi connectivity index (χ3v) is 4.48. The lowest BCUT2D eigenvalue weighted by Gasteiger charge is -2.13. The quantitative estimate of drug-likeness (QED) is 0.504. The zero-order valence-corrected chi connectivity index (χ0v) is 17.3. The Labute approximate surface area is 178 Å². The van der Waals surface area contributed by atoms with Gasteiger partial charge in [0.15, 0.2) is 0 Å². The minimum atomic E-state index is -4.96. The fourth-order valence-corrected chi connectivity index (χ4v) is 3.02. The molecular weight excluding hydrogens is 477 g/mol. The second-order valence-corrected chi connectivity index (χ2v) is 7.24. The number of rotatable bonds is 8. The molecule has 0 bridgehead atoms. The zero-order valence-electron chi connectivity index (χ0n) is 15.0. The smallest absolute Gasteiger partial charge is 0.471 e. The first-order valence-electron chi connectivity index (χ1n) is 8.47. The highest BCUT2D eigenvalue weighted by atomic mass is 79.9. The predicted octanol–water partition coefficient (Wildman–Crippen LogP) is 5.08. The van der Waals surface area contributed by atoms with E-state index in [1.807, 2.05) is 0 Å². The van der Waals surface area contributed by atoms with Gasteiger partial charge in [0.1, 0.15) is 5.75 Å². The third-order valence-electron chi connectivity index (χ3n) is 3.69. The zero-order chi connectivity index (χ0) is 21.4. The normalized spacial score (nSPS) is 11.1. The molecule has 0 fully saturated rings. The fraction of sp³-hybridized carbons (Fsp3) is 0.263. The van der Waals surface area contributed by atoms with Crippen LogP contribution in [0.3, 0.4) is 0 Å². The molecule has 2 amide bonds. The van der Waals surface area contributed by atoms with Crippen LogP contribution in [0.15, 0.2) is 46.9 Å². The Morgan fingerprint density at radius 1 is 1.14 bits per heavy atom. The number of benzene rings is 2. The lowest BCUT2D eigenvalue weighted by atomic mass is 10.1. The van der Waals surface area contributed by atoms with E-state index >= 15 is 0 Å². The van der Waals surface area contributed by atoms with Crippen molar-refractivity contribution in [3.05, 3.63) is 57.5 Å². The molecule has 2 aromatic rings. The van der Waals surface area contributed by atoms with Crippen molar-refractivity contribution in [1.29, 1.82) is 0 Å². The Kier molecular flexibility index (Phi) is 8.33. The molecule has 0 radical (unpaired) electrons. The van der Waals surface area contributed by atoms with Gasteiger partial charge in [-0.05, 0) is 36.2 Å². The standard InChI is InChI=1S/C19H17BrClF3N2O3/c20-13-7-8-16(14(21)10-13)29-9-3-6-17(27)26-15-5-2-1-4-12(15)11-25-18(28)19(22,23)24/h1-2,4-5,7-8,10H,3,6,9,11H2,(H,25,28)(H,26,27). The number of nitrogens with one attached hydrogen (secondary N) is 2. The van der Waals surface area contributed by atoms with Crippen LogP contribution in [-0.4, -0.2) is 24.6 Å². The molecule has 2 rings (SSSR count). The number of amides is 2. The lowest BCUT2D eigenvalue weighted by Crippen LogP contribution is -2.36. The number of hydrogen-bond acceptors (Lipinski definition) is 3. The summed E-state index contributed by atoms with van der Waals surface area (Å²) in [6, 6.07) is 11.5. The van der Waals surface area contributed by atoms with E-state index < -0.39 is 12.1 Å². The first-order valence-corrected chi connectivity index (χ1v) is 9.64. The van der Waals surface area contributed by atoms with Crippen LogP contribution in [0.5, 0.6) is 5.75 Å². The molecular formula is C19H17BrClF3N2O3. The number of alkyl halides is 3. The average molecular weight is 494 g/mol. The maximum atomic E-state index is 12.3. The number of anilines is 1. The Hall–Kier alpha value is -2.26. The molecule has 0 aromatic heterocycles. The van der Waals surface area contributed by atoms with Gasteiger partial charge in [-0.1, -0.05) is 45.7 Å². The summed E-state index contributed by atoms with van der Waals surface area (Å²) < 4.78 is 43.2. The molecule has 10 heteroatoms. The van der Waals surface area contributed by atoms with Crippen molar-refractivity contribution in [2.24, 2.45) is 0 Å². The van der Waals surface area contributed by atoms with Crippen molar-refractivity contribution in [2.75, 3.05) is 11.9 Å². The number of hydrogen-bond donors (Lipinski definition) is 2. The molecule has 29 heavy (non-hydrogen) atoms. The maximum absolute atomic E-state index is 12.3. The summed E-state index contributed by atoms with van der Waals surface area (Å²) in [5, 5.41) is 4.86. The van der Waals surface area contributed by atoms with Gasteiger partial charge in [0.25, 0.3) is 0 Å². The van der Waals surface area contributed by atoms with Crippen molar-refractivity contribution in [3.63, 3.8) is 0 Å². The van der Waals surface area contributed by atoms with Crippen LogP contribution in [0.25, 0.3) is 0 Å². The summed E-state index contributed by atoms with van der Waals surface area (Å²) in [4.78, 5) is 23.1. The number of para-hydroxylation sites is 1. The Morgan fingerprint density at radius 2 is 1.86 bits per heavy atom. The van der Waals surface area contributed by atoms with Gasteiger partial charge in [-0.2, -0.15) is 13.2 Å². The van der Waals surface area contributed by atoms with Gasteiger partial charge < -0.3 is 15.4 Å². The number of carbonyl (C=O) groups is 2. The minimum Gasteiger partial charge on any atom is -0.492 e. The van der Waals surface area contributed by atoms with Crippen molar-refractivity contribution >= 4 is 45.0 Å². The molecule has 0 aliphatic rings. The monoisotopic (exact) mass is 492 g/mol. The second-order valence-electron chi connectivity index (χ2n) is 5.91. The summed E-state index contributed by atoms with van der Waals surface area (Å²) in [5.74, 6) is -1.87. The van der Waals surface area contributed by atoms with E-state index in [1.165, 1.54) is 6.07 Å². The average Bonchev–Trinajstić information content (AvgIpc) is 2.65. The highest BCUT2D eigenvalue weighted by Gasteiger charge is 2.38. The molecule has 2 N–H and O–H groups in total. The molecule has 0 unspecified atom stereocenters. The van der Waals surface area contributed by atoms with E-state index in [2.05, 4.69) is 21.2 Å². The highest BCUT2D eigenvalue weighted by Crippen LogP contribution is 2.27. The molecule has 0 saturated heterocycles. The molecule has 2 aromatic carbocycles. The lowest BCUT2D eigenvalue weighted by molar-refractivity contribution is -0.173. The Morgan fingerprint density at radius 3 is 2.55 bits per heavy atom. The van der Waals surface area contributed by atoms with Gasteiger partial charge >= 0.3 is 12.1 Å².